The minimum atomic E-state index is -0.649. The third-order valence-electron chi connectivity index (χ3n) is 19.8. The Morgan fingerprint density at radius 3 is 1.37 bits per heavy atom. The van der Waals surface area contributed by atoms with E-state index in [1.807, 2.05) is 145 Å². The van der Waals surface area contributed by atoms with Crippen molar-refractivity contribution in [3.05, 3.63) is 380 Å². The second kappa shape index (κ2) is 47.2. The van der Waals surface area contributed by atoms with Gasteiger partial charge in [0.25, 0.3) is 16.3 Å². The highest BCUT2D eigenvalue weighted by Crippen LogP contribution is 2.37. The van der Waals surface area contributed by atoms with Gasteiger partial charge in [0.1, 0.15) is 40.7 Å². The first-order chi connectivity index (χ1) is 63.1. The number of hydrogen-bond donors (Lipinski definition) is 2. The zero-order valence-corrected chi connectivity index (χ0v) is 76.4. The summed E-state index contributed by atoms with van der Waals surface area (Å²) in [5.41, 5.74) is 23.1. The number of rotatable bonds is 14. The van der Waals surface area contributed by atoms with E-state index in [1.54, 1.807) is 129 Å². The highest BCUT2D eigenvalue weighted by atomic mass is 32.1. The minimum Gasteiger partial charge on any atom is -0.487 e. The molecule has 9 aromatic heterocycles. The summed E-state index contributed by atoms with van der Waals surface area (Å²) in [7, 11) is 6.54. The molecule has 0 atom stereocenters. The van der Waals surface area contributed by atoms with Crippen molar-refractivity contribution >= 4 is 44.8 Å². The molecule has 0 aliphatic rings. The van der Waals surface area contributed by atoms with Gasteiger partial charge in [0.2, 0.25) is 5.89 Å². The molecule has 2 N–H and O–H groups in total. The maximum atomic E-state index is 13.4. The van der Waals surface area contributed by atoms with E-state index in [0.29, 0.717) is 22.9 Å². The Balaban J connectivity index is 0.000000142. The summed E-state index contributed by atoms with van der Waals surface area (Å²) in [5.74, 6) is -2.10. The van der Waals surface area contributed by atoms with Crippen LogP contribution in [0.25, 0.3) is 111 Å². The van der Waals surface area contributed by atoms with Crippen LogP contribution < -0.4 is 24.7 Å². The van der Waals surface area contributed by atoms with Crippen molar-refractivity contribution in [2.75, 3.05) is 27.9 Å². The largest absolute Gasteiger partial charge is 0.487 e. The molecule has 9 heterocycles. The Kier molecular flexibility index (Phi) is 34.8. The number of ether oxygens (including phenoxy) is 4. The molecule has 19 aromatic rings. The van der Waals surface area contributed by atoms with Crippen molar-refractivity contribution in [2.45, 2.75) is 69.2 Å². The van der Waals surface area contributed by atoms with Gasteiger partial charge < -0.3 is 32.2 Å². The summed E-state index contributed by atoms with van der Waals surface area (Å²) in [6.07, 6.45) is 13.9. The Morgan fingerprint density at radius 1 is 0.427 bits per heavy atom. The average Bonchev–Trinajstić information content (AvgIpc) is 1.70. The monoisotopic (exact) mass is 1830 g/mol. The molecule has 0 spiro atoms. The molecule has 29 heteroatoms. The van der Waals surface area contributed by atoms with Gasteiger partial charge in [0, 0.05) is 97.4 Å². The summed E-state index contributed by atoms with van der Waals surface area (Å²) in [4.78, 5) is 24.7. The van der Waals surface area contributed by atoms with E-state index in [4.69, 9.17) is 32.2 Å². The molecule has 0 aliphatic heterocycles. The molecule has 19 nitrogen and oxygen atoms in total. The SMILES string of the molecule is CCOc1nc(-c2ccccc2C)cs1.COc1ccc(-c2cc(F)ccc2C)s1.COc1nc(-c2ccccc2C)cs1.COc1nnc(-c2cc(F)ccc2C)o1.Cc1ccc(F)cc1-c1ccoc1.Cc1ccc(F)cc1-c1cn[nH]c1.Cc1ccc(F)cc1-c1cncc2ccccc12.Cc1ccc(F)cc1-c1cnn(C)c1.Cc1ccc(F)cc1-c1n[nH]c(=O)o1. The number of aryl methyl sites for hydroxylation is 10. The van der Waals surface area contributed by atoms with Crippen LogP contribution in [0.2, 0.25) is 0 Å². The standard InChI is InChI=1S/C16H12FN.C12H11FOS.C12H13NOS.C11H11FN2.C11H9FO.C11H11NOS.C10H9FN2O2.C10H9FN2.C9H7FN2O2/c1-11-6-7-13(17)8-15(11)16-10-18-9-12-4-2-3-5-14(12)16;1-8-3-4-9(13)7-10(8)11-5-6-12(14-2)15-11;1-3-14-12-13-11(8-15-12)10-7-5-4-6-9(10)2;1-8-3-4-10(12)5-11(8)9-6-13-14(2)7-9;1-8-2-3-10(12)6-11(8)9-4-5-13-7-9;1-8-5-3-4-6-9(8)10-7-14-11(12-10)13-2;1-6-3-4-7(11)5-8(6)9-12-13-10(14-2)15-9;1-7-2-3-9(11)4-10(7)8-5-12-13-6-8;1-5-2-3-6(10)4-7(5)8-11-12-9(13)14-8/h2-10H,1H3;3-7H,1-2H3;4-8H,3H2,1-2H3;3-7H,1-2H3;2-7H,1H3;3-7H,1-2H3;3-5H,1-2H3;2-6H,1H3,(H,12,13);2-4H,1H3,(H,12,13). The normalized spacial score (nSPS) is 10.4. The zero-order chi connectivity index (χ0) is 93.6. The Morgan fingerprint density at radius 2 is 0.901 bits per heavy atom. The van der Waals surface area contributed by atoms with Gasteiger partial charge in [-0.2, -0.15) is 10.2 Å². The number of thiophene rings is 1. The Bertz CT molecular complexity index is 6790. The highest BCUT2D eigenvalue weighted by Gasteiger charge is 2.17. The van der Waals surface area contributed by atoms with Crippen molar-refractivity contribution in [1.82, 2.24) is 55.3 Å². The number of aromatic nitrogens is 11. The van der Waals surface area contributed by atoms with Crippen molar-refractivity contribution in [1.29, 1.82) is 0 Å². The predicted molar refractivity (Wildman–Crippen MR) is 504 cm³/mol. The summed E-state index contributed by atoms with van der Waals surface area (Å²) >= 11 is 4.58. The highest BCUT2D eigenvalue weighted by molar-refractivity contribution is 7.17. The lowest BCUT2D eigenvalue weighted by molar-refractivity contribution is 0.293. The van der Waals surface area contributed by atoms with Gasteiger partial charge in [-0.1, -0.05) is 154 Å². The maximum Gasteiger partial charge on any atom is 0.434 e. The lowest BCUT2D eigenvalue weighted by atomic mass is 9.97. The molecule has 0 fully saturated rings. The van der Waals surface area contributed by atoms with E-state index < -0.39 is 11.6 Å². The Labute approximate surface area is 764 Å². The fraction of sp³-hybridized carbons (Fsp3) is 0.147. The van der Waals surface area contributed by atoms with E-state index in [-0.39, 0.29) is 52.8 Å². The van der Waals surface area contributed by atoms with Gasteiger partial charge in [0.15, 0.2) is 5.06 Å². The van der Waals surface area contributed by atoms with E-state index in [1.165, 1.54) is 125 Å². The summed E-state index contributed by atoms with van der Waals surface area (Å²) in [5, 5.41) is 32.2. The number of nitrogens with zero attached hydrogens (tertiary/aromatic N) is 9. The number of furan rings is 1. The Hall–Kier alpha value is -14.9. The van der Waals surface area contributed by atoms with Crippen molar-refractivity contribution < 1.29 is 62.9 Å². The van der Waals surface area contributed by atoms with E-state index in [0.717, 1.165) is 126 Å². The first-order valence-electron chi connectivity index (χ1n) is 40.6. The maximum absolute atomic E-state index is 13.4. The summed E-state index contributed by atoms with van der Waals surface area (Å²) < 4.78 is 128. The van der Waals surface area contributed by atoms with Gasteiger partial charge in [-0.3, -0.25) is 14.8 Å². The van der Waals surface area contributed by atoms with Crippen molar-refractivity contribution in [3.8, 4) is 122 Å². The van der Waals surface area contributed by atoms with E-state index >= 15 is 0 Å². The number of thiazole rings is 2. The van der Waals surface area contributed by atoms with Crippen LogP contribution in [0.5, 0.6) is 21.5 Å². The number of fused-ring (bicyclic) bond motifs is 1. The van der Waals surface area contributed by atoms with Crippen LogP contribution >= 0.6 is 34.0 Å². The molecule has 670 valence electrons. The fourth-order valence-corrected chi connectivity index (χ4v) is 15.2. The predicted octanol–water partition coefficient (Wildman–Crippen LogP) is 27.0. The van der Waals surface area contributed by atoms with Crippen LogP contribution in [0.3, 0.4) is 0 Å². The summed E-state index contributed by atoms with van der Waals surface area (Å²) in [6, 6.07) is 62.6. The number of H-pyrrole nitrogens is 2. The molecule has 0 saturated heterocycles. The molecule has 0 amide bonds. The molecular formula is C102H92F7N11O8S3. The van der Waals surface area contributed by atoms with Crippen LogP contribution in [0.1, 0.15) is 57.0 Å². The number of nitrogens with one attached hydrogen (secondary N) is 2. The molecule has 19 rings (SSSR count). The van der Waals surface area contributed by atoms with Crippen molar-refractivity contribution in [2.24, 2.45) is 7.05 Å². The molecule has 0 unspecified atom stereocenters. The smallest absolute Gasteiger partial charge is 0.434 e. The topological polar surface area (TPSA) is 233 Å². The number of halogens is 7. The summed E-state index contributed by atoms with van der Waals surface area (Å²) in [6.45, 7) is 20.2. The lowest BCUT2D eigenvalue weighted by Gasteiger charge is -2.09. The second-order valence-electron chi connectivity index (χ2n) is 29.1. The van der Waals surface area contributed by atoms with Gasteiger partial charge in [-0.25, -0.2) is 50.6 Å². The molecule has 0 radical (unpaired) electrons. The minimum absolute atomic E-state index is 0.0636. The fourth-order valence-electron chi connectivity index (χ4n) is 12.9. The van der Waals surface area contributed by atoms with Crippen LogP contribution in [-0.2, 0) is 7.05 Å². The first kappa shape index (κ1) is 96.7. The number of pyridine rings is 1. The molecular weight excluding hydrogens is 1740 g/mol. The molecule has 10 aromatic carbocycles. The van der Waals surface area contributed by atoms with E-state index in [9.17, 15) is 35.5 Å². The molecule has 0 aliphatic carbocycles. The molecule has 0 bridgehead atoms. The average molecular weight is 1830 g/mol. The van der Waals surface area contributed by atoms with Gasteiger partial charge in [0.05, 0.1) is 64.2 Å². The third kappa shape index (κ3) is 27.3. The molecule has 131 heavy (non-hydrogen) atoms. The lowest BCUT2D eigenvalue weighted by Crippen LogP contribution is -1.93. The number of hydrogen-bond acceptors (Lipinski definition) is 19. The number of methoxy groups -OCH3 is 3. The zero-order valence-electron chi connectivity index (χ0n) is 73.9. The van der Waals surface area contributed by atoms with Crippen LogP contribution in [0.4, 0.5) is 30.7 Å². The first-order valence-corrected chi connectivity index (χ1v) is 43.2. The van der Waals surface area contributed by atoms with Crippen LogP contribution in [0.15, 0.2) is 297 Å². The van der Waals surface area contributed by atoms with E-state index in [2.05, 4.69) is 88.8 Å². The molecule has 0 saturated carbocycles. The number of benzene rings is 10. The van der Waals surface area contributed by atoms with Gasteiger partial charge in [-0.05, 0) is 256 Å². The second-order valence-corrected chi connectivity index (χ2v) is 31.8. The number of aromatic amines is 2. The van der Waals surface area contributed by atoms with Crippen LogP contribution in [-0.4, -0.2) is 83.3 Å². The van der Waals surface area contributed by atoms with Gasteiger partial charge in [-0.15, -0.1) is 10.2 Å². The third-order valence-corrected chi connectivity index (χ3v) is 22.4. The van der Waals surface area contributed by atoms with Crippen molar-refractivity contribution in [3.63, 3.8) is 0 Å². The van der Waals surface area contributed by atoms with Gasteiger partial charge >= 0.3 is 11.8 Å². The van der Waals surface area contributed by atoms with Crippen LogP contribution in [0, 0.1) is 103 Å². The quantitative estimate of drug-likeness (QED) is 0.0963.